The van der Waals surface area contributed by atoms with Crippen molar-refractivity contribution in [3.05, 3.63) is 59.3 Å². The predicted molar refractivity (Wildman–Crippen MR) is 95.2 cm³/mol. The lowest BCUT2D eigenvalue weighted by Gasteiger charge is -2.23. The lowest BCUT2D eigenvalue weighted by molar-refractivity contribution is 0.150. The summed E-state index contributed by atoms with van der Waals surface area (Å²) in [7, 11) is 0. The molecule has 1 aromatic carbocycles. The number of hydrogen-bond acceptors (Lipinski definition) is 5. The minimum atomic E-state index is -0.222. The minimum absolute atomic E-state index is 0.180. The molecule has 1 aliphatic rings. The van der Waals surface area contributed by atoms with E-state index in [1.165, 1.54) is 0 Å². The smallest absolute Gasteiger partial charge is 0.232 e. The first-order chi connectivity index (χ1) is 12.2. The first-order valence-electron chi connectivity index (χ1n) is 8.65. The van der Waals surface area contributed by atoms with E-state index in [0.29, 0.717) is 18.0 Å². The lowest BCUT2D eigenvalue weighted by atomic mass is 10.1. The van der Waals surface area contributed by atoms with Crippen LogP contribution in [0.5, 0.6) is 5.88 Å². The van der Waals surface area contributed by atoms with Crippen LogP contribution in [0, 0.1) is 18.3 Å². The molecule has 1 fully saturated rings. The first kappa shape index (κ1) is 17.4. The number of ether oxygens (including phenoxy) is 1. The number of rotatable bonds is 6. The Bertz CT molecular complexity index is 742. The molecule has 0 aliphatic carbocycles. The molecule has 5 nitrogen and oxygen atoms in total. The number of nitrogens with zero attached hydrogens (tertiary/aromatic N) is 3. The van der Waals surface area contributed by atoms with E-state index in [-0.39, 0.29) is 12.2 Å². The summed E-state index contributed by atoms with van der Waals surface area (Å²) >= 11 is 0. The lowest BCUT2D eigenvalue weighted by Crippen LogP contribution is -2.25. The number of hydrogen-bond donors (Lipinski definition) is 1. The molecule has 0 spiro atoms. The second-order valence-electron chi connectivity index (χ2n) is 6.47. The van der Waals surface area contributed by atoms with Crippen molar-refractivity contribution in [3.8, 4) is 11.9 Å². The van der Waals surface area contributed by atoms with Crippen molar-refractivity contribution in [1.29, 1.82) is 5.26 Å². The summed E-state index contributed by atoms with van der Waals surface area (Å²) in [5, 5.41) is 19.0. The number of likely N-dealkylation sites (tertiary alicyclic amines) is 1. The number of pyridine rings is 1. The molecular weight excluding hydrogens is 314 g/mol. The molecule has 1 unspecified atom stereocenters. The topological polar surface area (TPSA) is 69.4 Å². The van der Waals surface area contributed by atoms with Gasteiger partial charge in [0.15, 0.2) is 0 Å². The summed E-state index contributed by atoms with van der Waals surface area (Å²) in [4.78, 5) is 6.65. The van der Waals surface area contributed by atoms with E-state index < -0.39 is 0 Å². The average Bonchev–Trinajstić information content (AvgIpc) is 3.05. The van der Waals surface area contributed by atoms with Crippen LogP contribution < -0.4 is 4.74 Å². The number of β-amino-alcohol motifs (C(OH)–C–C–N with tert-alkyl or cyclic N) is 1. The number of nitriles is 1. The van der Waals surface area contributed by atoms with Crippen LogP contribution in [0.15, 0.2) is 42.5 Å². The normalized spacial score (nSPS) is 18.7. The molecule has 130 valence electrons. The van der Waals surface area contributed by atoms with E-state index in [0.717, 1.165) is 37.2 Å². The Morgan fingerprint density at radius 1 is 1.32 bits per heavy atom. The summed E-state index contributed by atoms with van der Waals surface area (Å²) in [6.07, 6.45) is 1.20. The third-order valence-corrected chi connectivity index (χ3v) is 4.50. The van der Waals surface area contributed by atoms with Crippen molar-refractivity contribution >= 4 is 0 Å². The fourth-order valence-corrected chi connectivity index (χ4v) is 3.12. The second-order valence-corrected chi connectivity index (χ2v) is 6.47. The largest absolute Gasteiger partial charge is 0.468 e. The van der Waals surface area contributed by atoms with Crippen molar-refractivity contribution < 1.29 is 9.84 Å². The third-order valence-electron chi connectivity index (χ3n) is 4.50. The van der Waals surface area contributed by atoms with Crippen molar-refractivity contribution in [2.45, 2.75) is 32.0 Å². The Kier molecular flexibility index (Phi) is 5.64. The summed E-state index contributed by atoms with van der Waals surface area (Å²) in [5.41, 5.74) is 2.33. The van der Waals surface area contributed by atoms with Gasteiger partial charge in [0.1, 0.15) is 17.7 Å². The number of benzene rings is 1. The maximum absolute atomic E-state index is 9.70. The summed E-state index contributed by atoms with van der Waals surface area (Å²) < 4.78 is 6.17. The van der Waals surface area contributed by atoms with Gasteiger partial charge in [0.2, 0.25) is 5.88 Å². The predicted octanol–water partition coefficient (Wildman–Crippen LogP) is 2.84. The molecule has 5 heteroatoms. The average molecular weight is 337 g/mol. The van der Waals surface area contributed by atoms with Crippen molar-refractivity contribution in [1.82, 2.24) is 9.88 Å². The summed E-state index contributed by atoms with van der Waals surface area (Å²) in [6, 6.07) is 15.7. The van der Waals surface area contributed by atoms with Crippen LogP contribution in [0.3, 0.4) is 0 Å². The Balaban J connectivity index is 1.77. The number of aliphatic hydroxyl groups excluding tert-OH is 1. The zero-order valence-electron chi connectivity index (χ0n) is 14.4. The van der Waals surface area contributed by atoms with Gasteiger partial charge in [-0.3, -0.25) is 0 Å². The van der Waals surface area contributed by atoms with Gasteiger partial charge < -0.3 is 14.7 Å². The standard InChI is InChI=1S/C20H23N3O2/c1-15-7-8-17(13-21)20(22-15)25-19(16-5-3-2-4-6-16)10-12-23-11-9-18(24)14-23/h2-8,18-19,24H,9-12,14H2,1H3/t18?,19-/m1/s1. The molecule has 2 atom stereocenters. The highest BCUT2D eigenvalue weighted by molar-refractivity contribution is 5.39. The maximum atomic E-state index is 9.70. The molecule has 3 rings (SSSR count). The molecule has 1 saturated heterocycles. The highest BCUT2D eigenvalue weighted by Gasteiger charge is 2.23. The van der Waals surface area contributed by atoms with Gasteiger partial charge in [-0.25, -0.2) is 4.98 Å². The molecule has 0 radical (unpaired) electrons. The van der Waals surface area contributed by atoms with Crippen LogP contribution in [-0.2, 0) is 0 Å². The van der Waals surface area contributed by atoms with E-state index in [2.05, 4.69) is 16.0 Å². The van der Waals surface area contributed by atoms with Gasteiger partial charge in [-0.05, 0) is 31.0 Å². The van der Waals surface area contributed by atoms with E-state index in [1.807, 2.05) is 43.3 Å². The van der Waals surface area contributed by atoms with Gasteiger partial charge in [-0.2, -0.15) is 5.26 Å². The molecule has 1 aromatic heterocycles. The molecule has 2 aromatic rings. The van der Waals surface area contributed by atoms with Gasteiger partial charge in [0, 0.05) is 31.7 Å². The zero-order valence-corrected chi connectivity index (χ0v) is 14.4. The van der Waals surface area contributed by atoms with E-state index in [4.69, 9.17) is 4.74 Å². The quantitative estimate of drug-likeness (QED) is 0.878. The molecule has 0 bridgehead atoms. The Morgan fingerprint density at radius 3 is 2.80 bits per heavy atom. The van der Waals surface area contributed by atoms with E-state index in [9.17, 15) is 10.4 Å². The van der Waals surface area contributed by atoms with Crippen molar-refractivity contribution in [2.24, 2.45) is 0 Å². The van der Waals surface area contributed by atoms with E-state index in [1.54, 1.807) is 6.07 Å². The molecule has 1 aliphatic heterocycles. The van der Waals surface area contributed by atoms with Crippen LogP contribution in [-0.4, -0.2) is 40.7 Å². The minimum Gasteiger partial charge on any atom is -0.468 e. The number of aliphatic hydroxyl groups is 1. The van der Waals surface area contributed by atoms with Gasteiger partial charge in [0.25, 0.3) is 0 Å². The van der Waals surface area contributed by atoms with Gasteiger partial charge in [-0.15, -0.1) is 0 Å². The Morgan fingerprint density at radius 2 is 2.12 bits per heavy atom. The summed E-state index contributed by atoms with van der Waals surface area (Å²) in [5.74, 6) is 0.387. The molecule has 0 amide bonds. The molecular formula is C20H23N3O2. The second kappa shape index (κ2) is 8.11. The van der Waals surface area contributed by atoms with Gasteiger partial charge >= 0.3 is 0 Å². The molecule has 1 N–H and O–H groups in total. The van der Waals surface area contributed by atoms with Gasteiger partial charge in [-0.1, -0.05) is 30.3 Å². The number of aryl methyl sites for hydroxylation is 1. The van der Waals surface area contributed by atoms with Crippen LogP contribution in [0.1, 0.15) is 35.8 Å². The van der Waals surface area contributed by atoms with Gasteiger partial charge in [0.05, 0.1) is 6.10 Å². The zero-order chi connectivity index (χ0) is 17.6. The monoisotopic (exact) mass is 337 g/mol. The molecule has 0 saturated carbocycles. The molecule has 25 heavy (non-hydrogen) atoms. The van der Waals surface area contributed by atoms with Crippen LogP contribution >= 0.6 is 0 Å². The first-order valence-corrected chi connectivity index (χ1v) is 8.65. The Hall–Kier alpha value is -2.42. The fourth-order valence-electron chi connectivity index (χ4n) is 3.12. The number of aromatic nitrogens is 1. The van der Waals surface area contributed by atoms with E-state index >= 15 is 0 Å². The van der Waals surface area contributed by atoms with Crippen LogP contribution in [0.25, 0.3) is 0 Å². The highest BCUT2D eigenvalue weighted by Crippen LogP contribution is 2.27. The Labute approximate surface area is 148 Å². The molecule has 2 heterocycles. The SMILES string of the molecule is Cc1ccc(C#N)c(O[C@H](CCN2CCC(O)C2)c2ccccc2)n1. The third kappa shape index (κ3) is 4.56. The summed E-state index contributed by atoms with van der Waals surface area (Å²) in [6.45, 7) is 4.35. The van der Waals surface area contributed by atoms with Crippen molar-refractivity contribution in [3.63, 3.8) is 0 Å². The van der Waals surface area contributed by atoms with Crippen LogP contribution in [0.2, 0.25) is 0 Å². The fraction of sp³-hybridized carbons (Fsp3) is 0.400. The van der Waals surface area contributed by atoms with Crippen molar-refractivity contribution in [2.75, 3.05) is 19.6 Å². The maximum Gasteiger partial charge on any atom is 0.232 e. The highest BCUT2D eigenvalue weighted by atomic mass is 16.5. The van der Waals surface area contributed by atoms with Crippen LogP contribution in [0.4, 0.5) is 0 Å².